The first-order chi connectivity index (χ1) is 17.5. The molecule has 0 saturated carbocycles. The Morgan fingerprint density at radius 2 is 1.65 bits per heavy atom. The van der Waals surface area contributed by atoms with E-state index in [-0.39, 0.29) is 28.1 Å². The predicted octanol–water partition coefficient (Wildman–Crippen LogP) is 4.37. The number of tetrazole rings is 1. The monoisotopic (exact) mass is 515 g/mol. The van der Waals surface area contributed by atoms with Crippen molar-refractivity contribution in [2.24, 2.45) is 0 Å². The van der Waals surface area contributed by atoms with Gasteiger partial charge in [-0.15, -0.1) is 5.10 Å². The quantitative estimate of drug-likeness (QED) is 0.324. The molecule has 0 saturated heterocycles. The summed E-state index contributed by atoms with van der Waals surface area (Å²) >= 11 is 0. The number of nitrogens with zero attached hydrogens (tertiary/aromatic N) is 5. The van der Waals surface area contributed by atoms with Gasteiger partial charge >= 0.3 is 12.1 Å². The molecule has 0 fully saturated rings. The zero-order chi connectivity index (χ0) is 26.4. The number of fused-ring (bicyclic) bond motifs is 3. The summed E-state index contributed by atoms with van der Waals surface area (Å²) in [6.07, 6.45) is -4.28. The number of hydrogen-bond donors (Lipinski definition) is 1. The van der Waals surface area contributed by atoms with Crippen LogP contribution in [-0.2, 0) is 24.5 Å². The van der Waals surface area contributed by atoms with Crippen LogP contribution in [0.3, 0.4) is 0 Å². The molecule has 5 rings (SSSR count). The highest BCUT2D eigenvalue weighted by atomic mass is 19.4. The Bertz CT molecular complexity index is 1520. The van der Waals surface area contributed by atoms with Crippen molar-refractivity contribution in [1.29, 1.82) is 0 Å². The Morgan fingerprint density at radius 3 is 2.32 bits per heavy atom. The maximum Gasteiger partial charge on any atom is 0.393 e. The Labute approximate surface area is 205 Å². The summed E-state index contributed by atoms with van der Waals surface area (Å²) < 4.78 is 83.8. The minimum atomic E-state index is -4.32. The van der Waals surface area contributed by atoms with E-state index in [4.69, 9.17) is 0 Å². The third-order valence-electron chi connectivity index (χ3n) is 5.89. The molecule has 1 aliphatic rings. The zero-order valence-electron chi connectivity index (χ0n) is 18.6. The van der Waals surface area contributed by atoms with E-state index >= 15 is 8.78 Å². The van der Waals surface area contributed by atoms with Crippen LogP contribution < -0.4 is 0 Å². The molecule has 2 aromatic carbocycles. The molecule has 12 heteroatoms. The highest BCUT2D eigenvalue weighted by Crippen LogP contribution is 2.50. The third-order valence-corrected chi connectivity index (χ3v) is 5.89. The van der Waals surface area contributed by atoms with Gasteiger partial charge in [-0.25, -0.2) is 9.07 Å². The smallest absolute Gasteiger partial charge is 0.377 e. The molecule has 37 heavy (non-hydrogen) atoms. The van der Waals surface area contributed by atoms with E-state index in [0.29, 0.717) is 5.56 Å². The second-order valence-electron chi connectivity index (χ2n) is 8.46. The van der Waals surface area contributed by atoms with Crippen molar-refractivity contribution in [3.63, 3.8) is 0 Å². The van der Waals surface area contributed by atoms with E-state index in [1.54, 1.807) is 0 Å². The maximum absolute atomic E-state index is 15.7. The Morgan fingerprint density at radius 1 is 0.946 bits per heavy atom. The molecule has 1 N–H and O–H groups in total. The van der Waals surface area contributed by atoms with Crippen molar-refractivity contribution in [2.75, 3.05) is 0 Å². The van der Waals surface area contributed by atoms with Gasteiger partial charge in [0.2, 0.25) is 0 Å². The lowest BCUT2D eigenvalue weighted by atomic mass is 9.80. The number of benzene rings is 2. The van der Waals surface area contributed by atoms with Crippen LogP contribution in [0.1, 0.15) is 27.9 Å². The molecule has 188 valence electrons. The van der Waals surface area contributed by atoms with E-state index in [2.05, 4.69) is 32.4 Å². The van der Waals surface area contributed by atoms with Crippen molar-refractivity contribution in [1.82, 2.24) is 25.2 Å². The number of aliphatic hydroxyl groups is 1. The molecule has 1 unspecified atom stereocenters. The molecule has 2 aromatic heterocycles. The fourth-order valence-corrected chi connectivity index (χ4v) is 4.08. The number of halogens is 6. The minimum absolute atomic E-state index is 0.0417. The summed E-state index contributed by atoms with van der Waals surface area (Å²) in [5, 5.41) is 22.0. The molecule has 1 aliphatic heterocycles. The molecular formula is C25H15F6N5O. The van der Waals surface area contributed by atoms with Crippen LogP contribution in [0.4, 0.5) is 26.3 Å². The molecular weight excluding hydrogens is 500 g/mol. The van der Waals surface area contributed by atoms with Gasteiger partial charge in [0.25, 0.3) is 0 Å². The molecule has 0 spiro atoms. The summed E-state index contributed by atoms with van der Waals surface area (Å²) in [6, 6.07) is 10.8. The maximum atomic E-state index is 15.7. The Hall–Kier alpha value is -4.24. The van der Waals surface area contributed by atoms with Gasteiger partial charge in [0, 0.05) is 28.5 Å². The lowest BCUT2D eigenvalue weighted by Crippen LogP contribution is -2.49. The molecule has 3 heterocycles. The average molecular weight is 515 g/mol. The predicted molar refractivity (Wildman–Crippen MR) is 117 cm³/mol. The van der Waals surface area contributed by atoms with E-state index < -0.39 is 42.2 Å². The van der Waals surface area contributed by atoms with E-state index in [1.165, 1.54) is 30.3 Å². The largest absolute Gasteiger partial charge is 0.393 e. The van der Waals surface area contributed by atoms with Crippen molar-refractivity contribution < 1.29 is 31.4 Å². The molecule has 6 nitrogen and oxygen atoms in total. The number of pyridine rings is 1. The highest BCUT2D eigenvalue weighted by molar-refractivity contribution is 5.64. The van der Waals surface area contributed by atoms with E-state index in [9.17, 15) is 22.7 Å². The van der Waals surface area contributed by atoms with Gasteiger partial charge in [0.15, 0.2) is 11.4 Å². The number of hydrogen-bond acceptors (Lipinski definition) is 5. The third kappa shape index (κ3) is 4.53. The standard InChI is InChI=1S/C25H15F6N5O/c26-18-8-9-20-19(11-18)22-33-34-35-36(22)14-23(20,37)25(30,31)21-10-7-17(13-32-21)6-3-15-1-4-16(5-2-15)12-24(27,28)29/h1-2,4-5,7-11,13,37H,12,14H2. The van der Waals surface area contributed by atoms with Gasteiger partial charge in [-0.1, -0.05) is 30.0 Å². The summed E-state index contributed by atoms with van der Waals surface area (Å²) in [7, 11) is 0. The van der Waals surface area contributed by atoms with Crippen molar-refractivity contribution in [3.8, 4) is 23.2 Å². The highest BCUT2D eigenvalue weighted by Gasteiger charge is 2.59. The second-order valence-corrected chi connectivity index (χ2v) is 8.46. The van der Waals surface area contributed by atoms with Crippen LogP contribution in [0.2, 0.25) is 0 Å². The van der Waals surface area contributed by atoms with Crippen LogP contribution in [0.25, 0.3) is 11.4 Å². The number of rotatable bonds is 3. The first-order valence-corrected chi connectivity index (χ1v) is 10.8. The van der Waals surface area contributed by atoms with E-state index in [0.717, 1.165) is 35.1 Å². The fourth-order valence-electron chi connectivity index (χ4n) is 4.08. The molecule has 0 amide bonds. The summed E-state index contributed by atoms with van der Waals surface area (Å²) in [5.41, 5.74) is -3.13. The molecule has 4 aromatic rings. The summed E-state index contributed by atoms with van der Waals surface area (Å²) in [5.74, 6) is 0.840. The second kappa shape index (κ2) is 8.70. The van der Waals surface area contributed by atoms with Crippen LogP contribution in [0.5, 0.6) is 0 Å². The first-order valence-electron chi connectivity index (χ1n) is 10.8. The van der Waals surface area contributed by atoms with Gasteiger partial charge in [-0.3, -0.25) is 4.98 Å². The normalized spacial score (nSPS) is 16.9. The molecule has 0 bridgehead atoms. The van der Waals surface area contributed by atoms with Crippen LogP contribution >= 0.6 is 0 Å². The van der Waals surface area contributed by atoms with Crippen molar-refractivity contribution in [2.45, 2.75) is 30.7 Å². The molecule has 1 atom stereocenters. The lowest BCUT2D eigenvalue weighted by Gasteiger charge is -2.39. The van der Waals surface area contributed by atoms with Gasteiger partial charge in [-0.05, 0) is 52.4 Å². The van der Waals surface area contributed by atoms with Gasteiger partial charge in [-0.2, -0.15) is 22.0 Å². The lowest BCUT2D eigenvalue weighted by molar-refractivity contribution is -0.207. The topological polar surface area (TPSA) is 76.7 Å². The average Bonchev–Trinajstić information content (AvgIpc) is 3.31. The van der Waals surface area contributed by atoms with Gasteiger partial charge in [0.05, 0.1) is 13.0 Å². The van der Waals surface area contributed by atoms with Gasteiger partial charge in [0.1, 0.15) is 11.5 Å². The Balaban J connectivity index is 1.41. The van der Waals surface area contributed by atoms with Crippen LogP contribution in [-0.4, -0.2) is 36.5 Å². The van der Waals surface area contributed by atoms with E-state index in [1.807, 2.05) is 0 Å². The number of alkyl halides is 5. The molecule has 0 aliphatic carbocycles. The van der Waals surface area contributed by atoms with Crippen molar-refractivity contribution in [3.05, 3.63) is 94.6 Å². The first kappa shape index (κ1) is 24.5. The zero-order valence-corrected chi connectivity index (χ0v) is 18.6. The minimum Gasteiger partial charge on any atom is -0.377 e. The summed E-state index contributed by atoms with van der Waals surface area (Å²) in [4.78, 5) is 3.80. The van der Waals surface area contributed by atoms with Crippen LogP contribution in [0.15, 0.2) is 60.8 Å². The SMILES string of the molecule is OC1(C(F)(F)c2ccc(C#Cc3ccc(CC(F)(F)F)cc3)cn2)Cn2nnnc2-c2cc(F)ccc21. The number of aromatic nitrogens is 5. The van der Waals surface area contributed by atoms with Crippen LogP contribution in [0, 0.1) is 17.7 Å². The fraction of sp³-hybridized carbons (Fsp3) is 0.200. The van der Waals surface area contributed by atoms with Crippen molar-refractivity contribution >= 4 is 0 Å². The Kier molecular flexibility index (Phi) is 5.75. The molecule has 0 radical (unpaired) electrons. The summed E-state index contributed by atoms with van der Waals surface area (Å²) in [6.45, 7) is -0.700. The van der Waals surface area contributed by atoms with Gasteiger partial charge < -0.3 is 5.11 Å².